The number of Topliss-reactive ketones (excluding diaryl/α,β-unsaturated/α-hetero) is 1. The molecule has 0 aliphatic rings. The van der Waals surface area contributed by atoms with E-state index in [1.54, 1.807) is 6.20 Å². The van der Waals surface area contributed by atoms with Crippen molar-refractivity contribution in [1.82, 2.24) is 36.6 Å². The summed E-state index contributed by atoms with van der Waals surface area (Å²) in [7, 11) is 0. The van der Waals surface area contributed by atoms with Gasteiger partial charge >= 0.3 is 11.9 Å². The lowest BCUT2D eigenvalue weighted by atomic mass is 9.91. The first-order valence-corrected chi connectivity index (χ1v) is 25.7. The molecule has 1 heterocycles. The van der Waals surface area contributed by atoms with Crippen LogP contribution in [0.2, 0.25) is 0 Å². The number of amides is 5. The number of aliphatic carboxylic acids is 2. The summed E-state index contributed by atoms with van der Waals surface area (Å²) < 4.78 is 21.4. The molecule has 406 valence electrons. The standard InChI is InChI=1S/C49H86N8O14/c1-2-3-4-5-6-7-8-9-10-11-12-13-14-15-19-44(60)57-41(49(66)67)20-21-43(59)53-23-25-68-27-30-71-36-46(62)54-24-26-69-28-29-70-35-45(61)52-22-17-16-18-38(48(65)55-34-47(63)64)31-42(58)40(50)32-39-33-51-37-56-39/h33,37-38,40-41H,2-32,34-36,50H2,1H3,(H,51,56)(H,52,61)(H,53,59)(H,54,62)(H,55,65)(H,57,60)(H,63,64)(H,66,67)/t38-,40+,41+/m1/s1. The van der Waals surface area contributed by atoms with Crippen molar-refractivity contribution in [1.29, 1.82) is 0 Å². The summed E-state index contributed by atoms with van der Waals surface area (Å²) >= 11 is 0. The van der Waals surface area contributed by atoms with E-state index >= 15 is 0 Å². The zero-order valence-corrected chi connectivity index (χ0v) is 42.2. The molecule has 0 unspecified atom stereocenters. The molecule has 22 heteroatoms. The Balaban J connectivity index is 2.00. The molecule has 1 rings (SSSR count). The zero-order chi connectivity index (χ0) is 52.2. The van der Waals surface area contributed by atoms with Crippen LogP contribution in [0.25, 0.3) is 0 Å². The van der Waals surface area contributed by atoms with E-state index < -0.39 is 42.4 Å². The summed E-state index contributed by atoms with van der Waals surface area (Å²) in [5.41, 5.74) is 6.70. The fraction of sp³-hybridized carbons (Fsp3) is 0.776. The Morgan fingerprint density at radius 3 is 1.68 bits per heavy atom. The average molecular weight is 1010 g/mol. The van der Waals surface area contributed by atoms with Crippen LogP contribution in [-0.4, -0.2) is 159 Å². The minimum absolute atomic E-state index is 0.0266. The first-order valence-electron chi connectivity index (χ1n) is 25.7. The molecule has 22 nitrogen and oxygen atoms in total. The zero-order valence-electron chi connectivity index (χ0n) is 42.2. The van der Waals surface area contributed by atoms with Gasteiger partial charge in [0.25, 0.3) is 0 Å². The number of carboxylic acid groups (broad SMARTS) is 2. The number of ketones is 1. The number of aromatic nitrogens is 2. The summed E-state index contributed by atoms with van der Waals surface area (Å²) in [5.74, 6) is -5.43. The van der Waals surface area contributed by atoms with E-state index in [0.717, 1.165) is 19.3 Å². The predicted octanol–water partition coefficient (Wildman–Crippen LogP) is 2.86. The third-order valence-electron chi connectivity index (χ3n) is 11.3. The summed E-state index contributed by atoms with van der Waals surface area (Å²) in [4.78, 5) is 103. The SMILES string of the molecule is CCCCCCCCCCCCCCCCC(=O)N[C@@H](CCC(=O)NCCOCCOCC(=O)NCCOCCOCC(=O)NCCCC[C@H](CC(=O)[C@@H](N)Cc1cnc[nH]1)C(=O)NCC(=O)O)C(=O)O. The highest BCUT2D eigenvalue weighted by Crippen LogP contribution is 2.16. The highest BCUT2D eigenvalue weighted by Gasteiger charge is 2.26. The van der Waals surface area contributed by atoms with E-state index in [-0.39, 0.29) is 134 Å². The number of nitrogens with one attached hydrogen (secondary N) is 6. The van der Waals surface area contributed by atoms with Crippen molar-refractivity contribution < 1.29 is 67.5 Å². The van der Waals surface area contributed by atoms with E-state index in [2.05, 4.69) is 43.5 Å². The van der Waals surface area contributed by atoms with Crippen LogP contribution < -0.4 is 32.3 Å². The first-order chi connectivity index (χ1) is 34.3. The number of hydrogen-bond acceptors (Lipinski definition) is 14. The summed E-state index contributed by atoms with van der Waals surface area (Å²) in [5, 5.41) is 31.3. The van der Waals surface area contributed by atoms with Gasteiger partial charge in [-0.1, -0.05) is 96.8 Å². The third kappa shape index (κ3) is 38.3. The maximum atomic E-state index is 12.7. The van der Waals surface area contributed by atoms with E-state index in [4.69, 9.17) is 29.8 Å². The largest absolute Gasteiger partial charge is 0.480 e. The first kappa shape index (κ1) is 64.0. The van der Waals surface area contributed by atoms with Crippen LogP contribution in [0.4, 0.5) is 0 Å². The molecule has 0 spiro atoms. The molecule has 0 aliphatic carbocycles. The van der Waals surface area contributed by atoms with Gasteiger partial charge in [0.15, 0.2) is 5.78 Å². The molecular weight excluding hydrogens is 925 g/mol. The number of nitrogens with zero attached hydrogens (tertiary/aromatic N) is 1. The molecule has 0 bridgehead atoms. The Hall–Kier alpha value is -5.03. The fourth-order valence-corrected chi connectivity index (χ4v) is 7.28. The van der Waals surface area contributed by atoms with Crippen molar-refractivity contribution in [2.45, 2.75) is 160 Å². The van der Waals surface area contributed by atoms with Crippen LogP contribution in [0, 0.1) is 5.92 Å². The molecule has 0 saturated carbocycles. The van der Waals surface area contributed by atoms with Crippen LogP contribution >= 0.6 is 0 Å². The molecule has 5 amide bonds. The second-order valence-electron chi connectivity index (χ2n) is 17.6. The van der Waals surface area contributed by atoms with Crippen LogP contribution in [0.15, 0.2) is 12.5 Å². The molecule has 71 heavy (non-hydrogen) atoms. The minimum Gasteiger partial charge on any atom is -0.480 e. The van der Waals surface area contributed by atoms with Crippen molar-refractivity contribution in [2.75, 3.05) is 79.0 Å². The maximum Gasteiger partial charge on any atom is 0.326 e. The maximum absolute atomic E-state index is 12.7. The summed E-state index contributed by atoms with van der Waals surface area (Å²) in [6, 6.07) is -2.00. The molecule has 1 aromatic heterocycles. The van der Waals surface area contributed by atoms with Crippen LogP contribution in [0.5, 0.6) is 0 Å². The highest BCUT2D eigenvalue weighted by atomic mass is 16.5. The number of carboxylic acids is 2. The van der Waals surface area contributed by atoms with Gasteiger partial charge in [-0.05, 0) is 25.7 Å². The van der Waals surface area contributed by atoms with Crippen molar-refractivity contribution >= 4 is 47.3 Å². The van der Waals surface area contributed by atoms with Crippen molar-refractivity contribution in [3.8, 4) is 0 Å². The van der Waals surface area contributed by atoms with Crippen LogP contribution in [-0.2, 0) is 63.7 Å². The molecule has 10 N–H and O–H groups in total. The quantitative estimate of drug-likeness (QED) is 0.0424. The van der Waals surface area contributed by atoms with E-state index in [0.29, 0.717) is 31.5 Å². The van der Waals surface area contributed by atoms with Gasteiger partial charge in [-0.15, -0.1) is 0 Å². The lowest BCUT2D eigenvalue weighted by Gasteiger charge is -2.18. The van der Waals surface area contributed by atoms with E-state index in [1.807, 2.05) is 0 Å². The second-order valence-corrected chi connectivity index (χ2v) is 17.6. The minimum atomic E-state index is -1.21. The van der Waals surface area contributed by atoms with Gasteiger partial charge < -0.3 is 66.5 Å². The molecule has 0 aromatic carbocycles. The molecular formula is C49H86N8O14. The Labute approximate surface area is 419 Å². The lowest BCUT2D eigenvalue weighted by molar-refractivity contribution is -0.142. The van der Waals surface area contributed by atoms with Crippen molar-refractivity contribution in [3.05, 3.63) is 18.2 Å². The Bertz CT molecular complexity index is 1620. The third-order valence-corrected chi connectivity index (χ3v) is 11.3. The number of aromatic amines is 1. The van der Waals surface area contributed by atoms with Crippen LogP contribution in [0.1, 0.15) is 147 Å². The number of nitrogens with two attached hydrogens (primary N) is 1. The van der Waals surface area contributed by atoms with Gasteiger partial charge in [0.05, 0.1) is 52.0 Å². The van der Waals surface area contributed by atoms with Gasteiger partial charge in [0, 0.05) is 63.1 Å². The molecule has 0 fully saturated rings. The van der Waals surface area contributed by atoms with Crippen molar-refractivity contribution in [2.24, 2.45) is 11.7 Å². The van der Waals surface area contributed by atoms with Gasteiger partial charge in [-0.25, -0.2) is 9.78 Å². The highest BCUT2D eigenvalue weighted by molar-refractivity contribution is 5.90. The number of H-pyrrole nitrogens is 1. The Kier molecular flexibility index (Phi) is 39.4. The number of carbonyl (C=O) groups excluding carboxylic acids is 6. The summed E-state index contributed by atoms with van der Waals surface area (Å²) in [6.07, 6.45) is 21.5. The Morgan fingerprint density at radius 2 is 1.14 bits per heavy atom. The predicted molar refractivity (Wildman–Crippen MR) is 264 cm³/mol. The van der Waals surface area contributed by atoms with Gasteiger partial charge in [0.1, 0.15) is 25.8 Å². The number of imidazole rings is 1. The molecule has 0 aliphatic heterocycles. The molecule has 3 atom stereocenters. The van der Waals surface area contributed by atoms with Crippen LogP contribution in [0.3, 0.4) is 0 Å². The molecule has 0 saturated heterocycles. The number of carbonyl (C=O) groups is 8. The topological polar surface area (TPSA) is 329 Å². The molecule has 0 radical (unpaired) electrons. The van der Waals surface area contributed by atoms with Gasteiger partial charge in [0.2, 0.25) is 29.5 Å². The summed E-state index contributed by atoms with van der Waals surface area (Å²) in [6.45, 7) is 3.05. The number of rotatable bonds is 49. The number of unbranched alkanes of at least 4 members (excludes halogenated alkanes) is 14. The number of ether oxygens (including phenoxy) is 4. The van der Waals surface area contributed by atoms with Crippen molar-refractivity contribution in [3.63, 3.8) is 0 Å². The molecule has 1 aromatic rings. The fourth-order valence-electron chi connectivity index (χ4n) is 7.28. The van der Waals surface area contributed by atoms with Gasteiger partial charge in [-0.2, -0.15) is 0 Å². The monoisotopic (exact) mass is 1010 g/mol. The van der Waals surface area contributed by atoms with Gasteiger partial charge in [-0.3, -0.25) is 33.6 Å². The number of hydrogen-bond donors (Lipinski definition) is 9. The second kappa shape index (κ2) is 43.7. The van der Waals surface area contributed by atoms with E-state index in [1.165, 1.54) is 70.5 Å². The lowest BCUT2D eigenvalue weighted by Crippen LogP contribution is -2.41. The normalized spacial score (nSPS) is 12.4. The average Bonchev–Trinajstić information content (AvgIpc) is 3.86. The smallest absolute Gasteiger partial charge is 0.326 e. The Morgan fingerprint density at radius 1 is 0.606 bits per heavy atom. The van der Waals surface area contributed by atoms with E-state index in [9.17, 15) is 43.5 Å².